The summed E-state index contributed by atoms with van der Waals surface area (Å²) in [5.74, 6) is -0.225. The fourth-order valence-corrected chi connectivity index (χ4v) is 5.21. The van der Waals surface area contributed by atoms with Crippen LogP contribution < -0.4 is 10.6 Å². The summed E-state index contributed by atoms with van der Waals surface area (Å²) in [5.41, 5.74) is 2.24. The van der Waals surface area contributed by atoms with E-state index < -0.39 is 11.5 Å². The highest BCUT2D eigenvalue weighted by molar-refractivity contribution is 7.10. The van der Waals surface area contributed by atoms with Gasteiger partial charge in [0, 0.05) is 22.9 Å². The lowest BCUT2D eigenvalue weighted by molar-refractivity contribution is -0.140. The van der Waals surface area contributed by atoms with Crippen LogP contribution in [0.4, 0.5) is 0 Å². The van der Waals surface area contributed by atoms with Gasteiger partial charge in [-0.1, -0.05) is 39.0 Å². The molecular formula is C25H32N4O3S. The molecular weight excluding hydrogens is 436 g/mol. The van der Waals surface area contributed by atoms with Crippen molar-refractivity contribution >= 4 is 34.1 Å². The molecule has 2 amide bonds. The van der Waals surface area contributed by atoms with Crippen LogP contribution in [0.2, 0.25) is 0 Å². The summed E-state index contributed by atoms with van der Waals surface area (Å²) >= 11 is 1.57. The summed E-state index contributed by atoms with van der Waals surface area (Å²) in [5, 5.41) is 9.91. The Morgan fingerprint density at radius 3 is 2.76 bits per heavy atom. The molecule has 1 saturated heterocycles. The van der Waals surface area contributed by atoms with Gasteiger partial charge in [-0.15, -0.1) is 11.3 Å². The number of likely N-dealkylation sites (tertiary alicyclic amines) is 1. The van der Waals surface area contributed by atoms with Crippen LogP contribution in [0.1, 0.15) is 51.6 Å². The van der Waals surface area contributed by atoms with Crippen LogP contribution in [0.15, 0.2) is 40.3 Å². The summed E-state index contributed by atoms with van der Waals surface area (Å²) in [7, 11) is 1.73. The third-order valence-electron chi connectivity index (χ3n) is 6.33. The van der Waals surface area contributed by atoms with Crippen LogP contribution >= 0.6 is 11.3 Å². The van der Waals surface area contributed by atoms with Gasteiger partial charge in [0.05, 0.1) is 17.8 Å². The average molecular weight is 469 g/mol. The van der Waals surface area contributed by atoms with E-state index in [1.807, 2.05) is 55.3 Å². The van der Waals surface area contributed by atoms with E-state index >= 15 is 0 Å². The molecule has 33 heavy (non-hydrogen) atoms. The number of likely N-dealkylation sites (N-methyl/N-ethyl adjacent to an activating group) is 1. The lowest BCUT2D eigenvalue weighted by Gasteiger charge is -2.35. The molecule has 0 aliphatic carbocycles. The topological polar surface area (TPSA) is 87.5 Å². The molecule has 3 heterocycles. The zero-order chi connectivity index (χ0) is 23.8. The first kappa shape index (κ1) is 23.4. The molecule has 3 aromatic rings. The number of amides is 2. The number of thiazole rings is 1. The number of fused-ring (bicyclic) bond motifs is 1. The largest absolute Gasteiger partial charge is 0.464 e. The average Bonchev–Trinajstić information content (AvgIpc) is 3.53. The van der Waals surface area contributed by atoms with E-state index in [4.69, 9.17) is 9.40 Å². The van der Waals surface area contributed by atoms with Gasteiger partial charge in [0.2, 0.25) is 11.8 Å². The SMILES string of the molecule is CNC(C)C(=O)NC(C(=O)N1CCCC1c1nc(-c2coc3ccccc23)cs1)C(C)(C)C. The quantitative estimate of drug-likeness (QED) is 0.561. The molecule has 8 heteroatoms. The van der Waals surface area contributed by atoms with Gasteiger partial charge in [0.15, 0.2) is 0 Å². The van der Waals surface area contributed by atoms with Crippen LogP contribution in [0, 0.1) is 5.41 Å². The van der Waals surface area contributed by atoms with Crippen LogP contribution in [0.5, 0.6) is 0 Å². The minimum atomic E-state index is -0.612. The van der Waals surface area contributed by atoms with E-state index in [1.54, 1.807) is 31.6 Å². The van der Waals surface area contributed by atoms with E-state index in [2.05, 4.69) is 10.6 Å². The van der Waals surface area contributed by atoms with E-state index in [0.29, 0.717) is 6.54 Å². The molecule has 2 aromatic heterocycles. The Morgan fingerprint density at radius 2 is 2.03 bits per heavy atom. The summed E-state index contributed by atoms with van der Waals surface area (Å²) in [6.07, 6.45) is 3.52. The molecule has 1 aliphatic heterocycles. The Bertz CT molecular complexity index is 1150. The molecule has 0 bridgehead atoms. The van der Waals surface area contributed by atoms with Crippen molar-refractivity contribution in [1.29, 1.82) is 0 Å². The molecule has 1 aromatic carbocycles. The first-order valence-corrected chi connectivity index (χ1v) is 12.3. The van der Waals surface area contributed by atoms with Gasteiger partial charge in [-0.2, -0.15) is 0 Å². The highest BCUT2D eigenvalue weighted by Gasteiger charge is 2.41. The van der Waals surface area contributed by atoms with Crippen molar-refractivity contribution in [3.8, 4) is 11.3 Å². The summed E-state index contributed by atoms with van der Waals surface area (Å²) < 4.78 is 5.69. The highest BCUT2D eigenvalue weighted by Crippen LogP contribution is 2.38. The first-order valence-electron chi connectivity index (χ1n) is 11.4. The number of hydrogen-bond donors (Lipinski definition) is 2. The van der Waals surface area contributed by atoms with Crippen molar-refractivity contribution in [3.05, 3.63) is 40.9 Å². The molecule has 0 spiro atoms. The number of nitrogens with one attached hydrogen (secondary N) is 2. The standard InChI is InChI=1S/C25H32N4O3S/c1-15(26-5)22(30)28-21(25(2,3)4)24(31)29-12-8-10-19(29)23-27-18(14-33-23)17-13-32-20-11-7-6-9-16(17)20/h6-7,9,11,13-15,19,21,26H,8,10,12H2,1-5H3,(H,28,30). The molecule has 4 rings (SSSR count). The van der Waals surface area contributed by atoms with Gasteiger partial charge in [0.1, 0.15) is 22.9 Å². The Balaban J connectivity index is 1.58. The monoisotopic (exact) mass is 468 g/mol. The van der Waals surface area contributed by atoms with Crippen LogP contribution in [0.3, 0.4) is 0 Å². The number of nitrogens with zero attached hydrogens (tertiary/aromatic N) is 2. The predicted molar refractivity (Wildman–Crippen MR) is 131 cm³/mol. The summed E-state index contributed by atoms with van der Waals surface area (Å²) in [4.78, 5) is 33.1. The van der Waals surface area contributed by atoms with Crippen molar-refractivity contribution in [3.63, 3.8) is 0 Å². The number of rotatable bonds is 6. The predicted octanol–water partition coefficient (Wildman–Crippen LogP) is 4.36. The van der Waals surface area contributed by atoms with Gasteiger partial charge in [0.25, 0.3) is 0 Å². The lowest BCUT2D eigenvalue weighted by Crippen LogP contribution is -2.57. The first-order chi connectivity index (χ1) is 15.7. The van der Waals surface area contributed by atoms with Crippen molar-refractivity contribution in [2.45, 2.75) is 58.7 Å². The van der Waals surface area contributed by atoms with Crippen molar-refractivity contribution in [2.75, 3.05) is 13.6 Å². The summed E-state index contributed by atoms with van der Waals surface area (Å²) in [6.45, 7) is 8.40. The third-order valence-corrected chi connectivity index (χ3v) is 7.27. The minimum absolute atomic E-state index is 0.0489. The molecule has 3 unspecified atom stereocenters. The van der Waals surface area contributed by atoms with E-state index in [9.17, 15) is 9.59 Å². The second-order valence-electron chi connectivity index (χ2n) is 9.72. The fourth-order valence-electron chi connectivity index (χ4n) is 4.24. The van der Waals surface area contributed by atoms with Crippen LogP contribution in [-0.4, -0.2) is 47.4 Å². The molecule has 176 valence electrons. The van der Waals surface area contributed by atoms with E-state index in [1.165, 1.54) is 0 Å². The van der Waals surface area contributed by atoms with Crippen molar-refractivity contribution in [2.24, 2.45) is 5.41 Å². The number of carbonyl (C=O) groups is 2. The second kappa shape index (κ2) is 9.27. The Morgan fingerprint density at radius 1 is 1.27 bits per heavy atom. The zero-order valence-electron chi connectivity index (χ0n) is 19.8. The Hall–Kier alpha value is -2.71. The molecule has 0 saturated carbocycles. The molecule has 3 atom stereocenters. The number of hydrogen-bond acceptors (Lipinski definition) is 6. The van der Waals surface area contributed by atoms with E-state index in [-0.39, 0.29) is 23.9 Å². The summed E-state index contributed by atoms with van der Waals surface area (Å²) in [6, 6.07) is 6.84. The maximum Gasteiger partial charge on any atom is 0.246 e. The van der Waals surface area contributed by atoms with Gasteiger partial charge in [-0.3, -0.25) is 9.59 Å². The fraction of sp³-hybridized carbons (Fsp3) is 0.480. The Labute approximate surface area is 198 Å². The van der Waals surface area contributed by atoms with Gasteiger partial charge in [-0.05, 0) is 38.3 Å². The number of benzene rings is 1. The van der Waals surface area contributed by atoms with E-state index in [0.717, 1.165) is 40.1 Å². The highest BCUT2D eigenvalue weighted by atomic mass is 32.1. The smallest absolute Gasteiger partial charge is 0.246 e. The molecule has 1 aliphatic rings. The third kappa shape index (κ3) is 4.68. The Kier molecular flexibility index (Phi) is 6.59. The van der Waals surface area contributed by atoms with Gasteiger partial charge in [-0.25, -0.2) is 4.98 Å². The number of furan rings is 1. The minimum Gasteiger partial charge on any atom is -0.464 e. The second-order valence-corrected chi connectivity index (χ2v) is 10.6. The van der Waals surface area contributed by atoms with Crippen LogP contribution in [-0.2, 0) is 9.59 Å². The number of para-hydroxylation sites is 1. The molecule has 0 radical (unpaired) electrons. The normalized spacial score (nSPS) is 18.5. The van der Waals surface area contributed by atoms with Gasteiger partial charge >= 0.3 is 0 Å². The number of aromatic nitrogens is 1. The maximum atomic E-state index is 13.7. The maximum absolute atomic E-state index is 13.7. The lowest BCUT2D eigenvalue weighted by atomic mass is 9.85. The van der Waals surface area contributed by atoms with Gasteiger partial charge < -0.3 is 20.0 Å². The number of carbonyl (C=O) groups excluding carboxylic acids is 2. The van der Waals surface area contributed by atoms with Crippen LogP contribution in [0.25, 0.3) is 22.2 Å². The molecule has 2 N–H and O–H groups in total. The molecule has 1 fully saturated rings. The zero-order valence-corrected chi connectivity index (χ0v) is 20.7. The van der Waals surface area contributed by atoms with Crippen molar-refractivity contribution < 1.29 is 14.0 Å². The molecule has 7 nitrogen and oxygen atoms in total. The van der Waals surface area contributed by atoms with Crippen molar-refractivity contribution in [1.82, 2.24) is 20.5 Å².